The molecule has 0 aliphatic carbocycles. The Morgan fingerprint density at radius 3 is 2.26 bits per heavy atom. The van der Waals surface area contributed by atoms with Crippen molar-refractivity contribution in [3.05, 3.63) is 112 Å². The van der Waals surface area contributed by atoms with Crippen LogP contribution in [0, 0.1) is 27.7 Å². The first kappa shape index (κ1) is 23.3. The second kappa shape index (κ2) is 9.31. The van der Waals surface area contributed by atoms with E-state index < -0.39 is 0 Å². The quantitative estimate of drug-likeness (QED) is 0.317. The van der Waals surface area contributed by atoms with Crippen LogP contribution in [0.25, 0.3) is 5.69 Å². The van der Waals surface area contributed by atoms with Gasteiger partial charge in [-0.3, -0.25) is 4.98 Å². The van der Waals surface area contributed by atoms with E-state index in [4.69, 9.17) is 17.2 Å². The summed E-state index contributed by atoms with van der Waals surface area (Å²) < 4.78 is 2.40. The highest BCUT2D eigenvalue weighted by molar-refractivity contribution is 7.80. The van der Waals surface area contributed by atoms with Gasteiger partial charge in [0.25, 0.3) is 0 Å². The van der Waals surface area contributed by atoms with Gasteiger partial charge in [-0.15, -0.1) is 0 Å². The van der Waals surface area contributed by atoms with Crippen LogP contribution in [0.2, 0.25) is 0 Å². The lowest BCUT2D eigenvalue weighted by molar-refractivity contribution is 0.565. The zero-order chi connectivity index (χ0) is 24.7. The topological polar surface area (TPSA) is 33.1 Å². The summed E-state index contributed by atoms with van der Waals surface area (Å²) in [5.74, 6) is 0. The number of hydrogen-bond donors (Lipinski definition) is 1. The summed E-state index contributed by atoms with van der Waals surface area (Å²) in [5.41, 5.74) is 10.9. The predicted octanol–water partition coefficient (Wildman–Crippen LogP) is 6.85. The third kappa shape index (κ3) is 4.04. The van der Waals surface area contributed by atoms with E-state index in [1.807, 2.05) is 18.3 Å². The van der Waals surface area contributed by atoms with Crippen molar-refractivity contribution in [1.29, 1.82) is 0 Å². The molecule has 0 spiro atoms. The van der Waals surface area contributed by atoms with Crippen LogP contribution in [0.15, 0.2) is 72.9 Å². The Morgan fingerprint density at radius 1 is 0.914 bits per heavy atom. The first-order chi connectivity index (χ1) is 16.9. The van der Waals surface area contributed by atoms with Crippen molar-refractivity contribution in [2.24, 2.45) is 0 Å². The lowest BCUT2D eigenvalue weighted by Gasteiger charge is -2.28. The molecule has 2 aromatic carbocycles. The SMILES string of the molecule is CCc1ccc(N2C(=S)N[C@@H](c3ccccn3)[C@H]2c2cc(C)n(-c3c(C)cccc3C)c2C)cc1. The largest absolute Gasteiger partial charge is 0.351 e. The molecular formula is C30H32N4S. The smallest absolute Gasteiger partial charge is 0.174 e. The Balaban J connectivity index is 1.69. The molecule has 4 aromatic rings. The van der Waals surface area contributed by atoms with Gasteiger partial charge in [0.1, 0.15) is 0 Å². The molecule has 35 heavy (non-hydrogen) atoms. The minimum absolute atomic E-state index is 0.0193. The highest BCUT2D eigenvalue weighted by Crippen LogP contribution is 2.44. The normalized spacial score (nSPS) is 17.6. The van der Waals surface area contributed by atoms with Crippen LogP contribution in [0.4, 0.5) is 5.69 Å². The van der Waals surface area contributed by atoms with Crippen LogP contribution >= 0.6 is 12.2 Å². The van der Waals surface area contributed by atoms with Gasteiger partial charge < -0.3 is 14.8 Å². The molecular weight excluding hydrogens is 448 g/mol. The molecule has 0 unspecified atom stereocenters. The fourth-order valence-corrected chi connectivity index (χ4v) is 5.78. The summed E-state index contributed by atoms with van der Waals surface area (Å²) in [6, 6.07) is 23.6. The Labute approximate surface area is 213 Å². The fraction of sp³-hybridized carbons (Fsp3) is 0.267. The molecule has 0 radical (unpaired) electrons. The van der Waals surface area contributed by atoms with Gasteiger partial charge in [0.2, 0.25) is 0 Å². The van der Waals surface area contributed by atoms with E-state index in [9.17, 15) is 0 Å². The van der Waals surface area contributed by atoms with Crippen molar-refractivity contribution in [1.82, 2.24) is 14.9 Å². The van der Waals surface area contributed by atoms with E-state index in [1.54, 1.807) is 0 Å². The van der Waals surface area contributed by atoms with Gasteiger partial charge in [0.15, 0.2) is 5.11 Å². The van der Waals surface area contributed by atoms with Crippen molar-refractivity contribution >= 4 is 23.0 Å². The average molecular weight is 481 g/mol. The third-order valence-electron chi connectivity index (χ3n) is 7.17. The van der Waals surface area contributed by atoms with Crippen LogP contribution in [0.1, 0.15) is 58.3 Å². The molecule has 1 saturated heterocycles. The summed E-state index contributed by atoms with van der Waals surface area (Å²) in [6.07, 6.45) is 2.87. The van der Waals surface area contributed by atoms with Crippen molar-refractivity contribution in [2.75, 3.05) is 4.90 Å². The molecule has 5 heteroatoms. The molecule has 1 aliphatic heterocycles. The van der Waals surface area contributed by atoms with E-state index in [0.717, 1.165) is 22.9 Å². The Morgan fingerprint density at radius 2 is 1.63 bits per heavy atom. The van der Waals surface area contributed by atoms with E-state index >= 15 is 0 Å². The number of hydrogen-bond acceptors (Lipinski definition) is 2. The summed E-state index contributed by atoms with van der Waals surface area (Å²) in [5, 5.41) is 4.33. The molecule has 1 N–H and O–H groups in total. The maximum Gasteiger partial charge on any atom is 0.174 e. The molecule has 0 saturated carbocycles. The lowest BCUT2D eigenvalue weighted by Crippen LogP contribution is -2.29. The van der Waals surface area contributed by atoms with Gasteiger partial charge in [-0.25, -0.2) is 0 Å². The van der Waals surface area contributed by atoms with E-state index in [2.05, 4.69) is 104 Å². The summed E-state index contributed by atoms with van der Waals surface area (Å²) in [4.78, 5) is 6.98. The molecule has 1 fully saturated rings. The number of anilines is 1. The molecule has 5 rings (SSSR count). The van der Waals surface area contributed by atoms with E-state index in [1.165, 1.54) is 39.3 Å². The molecule has 0 amide bonds. The minimum atomic E-state index is -0.0542. The molecule has 1 aliphatic rings. The number of aryl methyl sites for hydroxylation is 4. The van der Waals surface area contributed by atoms with E-state index in [-0.39, 0.29) is 12.1 Å². The average Bonchev–Trinajstić information content (AvgIpc) is 3.35. The first-order valence-electron chi connectivity index (χ1n) is 12.3. The summed E-state index contributed by atoms with van der Waals surface area (Å²) >= 11 is 5.94. The van der Waals surface area contributed by atoms with Gasteiger partial charge >= 0.3 is 0 Å². The summed E-state index contributed by atoms with van der Waals surface area (Å²) in [6.45, 7) is 11.0. The highest BCUT2D eigenvalue weighted by atomic mass is 32.1. The van der Waals surface area contributed by atoms with E-state index in [0.29, 0.717) is 0 Å². The van der Waals surface area contributed by atoms with Crippen molar-refractivity contribution < 1.29 is 0 Å². The Hall–Kier alpha value is -3.44. The maximum atomic E-state index is 5.94. The number of para-hydroxylation sites is 1. The van der Waals surface area contributed by atoms with Crippen LogP contribution in [0.5, 0.6) is 0 Å². The second-order valence-electron chi connectivity index (χ2n) is 9.42. The standard InChI is InChI=1S/C30H32N4S/c1-6-23-13-15-24(16-14-23)34-29(27(32-30(34)35)26-12-7-8-17-31-26)25-18-21(4)33(22(25)5)28-19(2)10-9-11-20(28)3/h7-18,27,29H,6H2,1-5H3,(H,32,35)/t27-,29+/m0/s1. The highest BCUT2D eigenvalue weighted by Gasteiger charge is 2.42. The minimum Gasteiger partial charge on any atom is -0.351 e. The number of nitrogens with one attached hydrogen (secondary N) is 1. The fourth-order valence-electron chi connectivity index (χ4n) is 5.43. The molecule has 2 aromatic heterocycles. The molecule has 3 heterocycles. The number of nitrogens with zero attached hydrogens (tertiary/aromatic N) is 3. The van der Waals surface area contributed by atoms with Gasteiger partial charge in [0.05, 0.1) is 23.5 Å². The van der Waals surface area contributed by atoms with Crippen molar-refractivity contribution in [3.8, 4) is 5.69 Å². The van der Waals surface area contributed by atoms with Gasteiger partial charge in [-0.1, -0.05) is 43.3 Å². The van der Waals surface area contributed by atoms with Crippen LogP contribution < -0.4 is 10.2 Å². The van der Waals surface area contributed by atoms with Gasteiger partial charge in [0, 0.05) is 23.3 Å². The molecule has 0 bridgehead atoms. The number of aromatic nitrogens is 2. The lowest BCUT2D eigenvalue weighted by atomic mass is 9.96. The summed E-state index contributed by atoms with van der Waals surface area (Å²) in [7, 11) is 0. The predicted molar refractivity (Wildman–Crippen MR) is 148 cm³/mol. The van der Waals surface area contributed by atoms with Gasteiger partial charge in [-0.2, -0.15) is 0 Å². The third-order valence-corrected chi connectivity index (χ3v) is 7.49. The first-order valence-corrected chi connectivity index (χ1v) is 12.7. The molecule has 2 atom stereocenters. The monoisotopic (exact) mass is 480 g/mol. The van der Waals surface area contributed by atoms with Crippen LogP contribution in [-0.2, 0) is 6.42 Å². The van der Waals surface area contributed by atoms with Crippen LogP contribution in [-0.4, -0.2) is 14.7 Å². The molecule has 178 valence electrons. The number of rotatable bonds is 5. The number of pyridine rings is 1. The van der Waals surface area contributed by atoms with Crippen molar-refractivity contribution in [3.63, 3.8) is 0 Å². The zero-order valence-electron chi connectivity index (χ0n) is 21.0. The number of benzene rings is 2. The Bertz CT molecular complexity index is 1350. The van der Waals surface area contributed by atoms with Crippen LogP contribution in [0.3, 0.4) is 0 Å². The van der Waals surface area contributed by atoms with Crippen molar-refractivity contribution in [2.45, 2.75) is 53.1 Å². The Kier molecular flexibility index (Phi) is 6.20. The number of thiocarbonyl (C=S) groups is 1. The molecule has 4 nitrogen and oxygen atoms in total. The van der Waals surface area contributed by atoms with Gasteiger partial charge in [-0.05, 0) is 98.9 Å². The zero-order valence-corrected chi connectivity index (χ0v) is 21.9. The maximum absolute atomic E-state index is 5.94. The second-order valence-corrected chi connectivity index (χ2v) is 9.81.